The van der Waals surface area contributed by atoms with Gasteiger partial charge in [0.2, 0.25) is 0 Å². The van der Waals surface area contributed by atoms with Crippen LogP contribution in [0.25, 0.3) is 10.9 Å². The van der Waals surface area contributed by atoms with Gasteiger partial charge in [-0.15, -0.1) is 0 Å². The molecule has 22 heavy (non-hydrogen) atoms. The van der Waals surface area contributed by atoms with E-state index in [0.29, 0.717) is 13.1 Å². The second kappa shape index (κ2) is 6.12. The fourth-order valence-electron chi connectivity index (χ4n) is 2.68. The molecule has 4 nitrogen and oxygen atoms in total. The van der Waals surface area contributed by atoms with E-state index in [4.69, 9.17) is 0 Å². The van der Waals surface area contributed by atoms with Crippen LogP contribution >= 0.6 is 0 Å². The second-order valence-electron chi connectivity index (χ2n) is 5.59. The van der Waals surface area contributed by atoms with Gasteiger partial charge >= 0.3 is 0 Å². The van der Waals surface area contributed by atoms with E-state index < -0.39 is 0 Å². The fraction of sp³-hybridized carbons (Fsp3) is 0.222. The lowest BCUT2D eigenvalue weighted by atomic mass is 10.1. The number of hydrogen-bond acceptors (Lipinski definition) is 3. The summed E-state index contributed by atoms with van der Waals surface area (Å²) in [5.74, 6) is 0. The van der Waals surface area contributed by atoms with Crippen LogP contribution in [-0.2, 0) is 13.1 Å². The third kappa shape index (κ3) is 3.07. The molecule has 3 aromatic rings. The first-order valence-electron chi connectivity index (χ1n) is 7.37. The Morgan fingerprint density at radius 1 is 1.14 bits per heavy atom. The van der Waals surface area contributed by atoms with Gasteiger partial charge in [0.05, 0.1) is 11.2 Å². The quantitative estimate of drug-likeness (QED) is 0.777. The maximum Gasteiger partial charge on any atom is 0.189 e. The Morgan fingerprint density at radius 3 is 2.77 bits per heavy atom. The molecule has 0 aliphatic heterocycles. The van der Waals surface area contributed by atoms with Crippen LogP contribution in [0.1, 0.15) is 22.5 Å². The number of nitrogens with zero attached hydrogens (tertiary/aromatic N) is 1. The van der Waals surface area contributed by atoms with Crippen LogP contribution in [-0.4, -0.2) is 9.97 Å². The standard InChI is InChI=1S/C18H19N3O/c1-12-7-13(2)18-16(8-12)17(22)9-15(21-18)11-19-10-14-5-3-4-6-20-14/h3-9,19H,10-11H2,1-2H3,(H,21,22). The predicted molar refractivity (Wildman–Crippen MR) is 88.8 cm³/mol. The van der Waals surface area contributed by atoms with Gasteiger partial charge in [-0.1, -0.05) is 12.1 Å². The number of aromatic amines is 1. The molecule has 0 radical (unpaired) electrons. The zero-order valence-corrected chi connectivity index (χ0v) is 12.8. The minimum absolute atomic E-state index is 0.0650. The Kier molecular flexibility index (Phi) is 4.02. The van der Waals surface area contributed by atoms with Gasteiger partial charge < -0.3 is 10.3 Å². The maximum absolute atomic E-state index is 12.3. The molecule has 0 saturated heterocycles. The highest BCUT2D eigenvalue weighted by Crippen LogP contribution is 2.16. The summed E-state index contributed by atoms with van der Waals surface area (Å²) in [5, 5.41) is 4.06. The molecule has 0 spiro atoms. The lowest BCUT2D eigenvalue weighted by Gasteiger charge is -2.09. The first-order valence-corrected chi connectivity index (χ1v) is 7.37. The SMILES string of the molecule is Cc1cc(C)c2[nH]c(CNCc3ccccn3)cc(=O)c2c1. The normalized spacial score (nSPS) is 11.0. The van der Waals surface area contributed by atoms with Crippen LogP contribution < -0.4 is 10.7 Å². The van der Waals surface area contributed by atoms with Crippen molar-refractivity contribution in [3.63, 3.8) is 0 Å². The van der Waals surface area contributed by atoms with Gasteiger partial charge in [0.1, 0.15) is 0 Å². The van der Waals surface area contributed by atoms with E-state index in [1.165, 1.54) is 0 Å². The topological polar surface area (TPSA) is 57.8 Å². The third-order valence-electron chi connectivity index (χ3n) is 3.68. The highest BCUT2D eigenvalue weighted by atomic mass is 16.1. The van der Waals surface area contributed by atoms with Crippen LogP contribution in [0.2, 0.25) is 0 Å². The monoisotopic (exact) mass is 293 g/mol. The van der Waals surface area contributed by atoms with Crippen molar-refractivity contribution in [3.05, 3.63) is 75.3 Å². The Morgan fingerprint density at radius 2 is 2.00 bits per heavy atom. The fourth-order valence-corrected chi connectivity index (χ4v) is 2.68. The first kappa shape index (κ1) is 14.5. The maximum atomic E-state index is 12.3. The largest absolute Gasteiger partial charge is 0.357 e. The molecule has 0 amide bonds. The van der Waals surface area contributed by atoms with Crippen molar-refractivity contribution >= 4 is 10.9 Å². The number of fused-ring (bicyclic) bond motifs is 1. The molecule has 0 fully saturated rings. The molecule has 1 aromatic carbocycles. The van der Waals surface area contributed by atoms with Gasteiger partial charge in [-0.25, -0.2) is 0 Å². The number of benzene rings is 1. The molecule has 0 unspecified atom stereocenters. The van der Waals surface area contributed by atoms with Crippen LogP contribution in [0.5, 0.6) is 0 Å². The van der Waals surface area contributed by atoms with Crippen LogP contribution in [0, 0.1) is 13.8 Å². The summed E-state index contributed by atoms with van der Waals surface area (Å²) in [6.07, 6.45) is 1.78. The average molecular weight is 293 g/mol. The summed E-state index contributed by atoms with van der Waals surface area (Å²) >= 11 is 0. The number of aryl methyl sites for hydroxylation is 2. The molecular formula is C18H19N3O. The van der Waals surface area contributed by atoms with Gasteiger partial charge in [-0.2, -0.15) is 0 Å². The van der Waals surface area contributed by atoms with Gasteiger partial charge in [0, 0.05) is 36.4 Å². The van der Waals surface area contributed by atoms with Crippen LogP contribution in [0.4, 0.5) is 0 Å². The molecule has 0 aliphatic rings. The minimum Gasteiger partial charge on any atom is -0.357 e. The summed E-state index contributed by atoms with van der Waals surface area (Å²) in [4.78, 5) is 19.9. The van der Waals surface area contributed by atoms with Crippen molar-refractivity contribution in [1.82, 2.24) is 15.3 Å². The van der Waals surface area contributed by atoms with Gasteiger partial charge in [0.25, 0.3) is 0 Å². The molecule has 2 heterocycles. The number of H-pyrrole nitrogens is 1. The van der Waals surface area contributed by atoms with Gasteiger partial charge in [-0.3, -0.25) is 9.78 Å². The zero-order chi connectivity index (χ0) is 15.5. The van der Waals surface area contributed by atoms with E-state index >= 15 is 0 Å². The van der Waals surface area contributed by atoms with E-state index in [0.717, 1.165) is 33.4 Å². The number of rotatable bonds is 4. The van der Waals surface area contributed by atoms with Crippen LogP contribution in [0.3, 0.4) is 0 Å². The number of pyridine rings is 2. The Hall–Kier alpha value is -2.46. The number of aromatic nitrogens is 2. The second-order valence-corrected chi connectivity index (χ2v) is 5.59. The molecule has 0 atom stereocenters. The zero-order valence-electron chi connectivity index (χ0n) is 12.8. The molecule has 2 aromatic heterocycles. The summed E-state index contributed by atoms with van der Waals surface area (Å²) in [5.41, 5.74) is 5.07. The van der Waals surface area contributed by atoms with Gasteiger partial charge in [0.15, 0.2) is 5.43 Å². The molecule has 4 heteroatoms. The summed E-state index contributed by atoms with van der Waals surface area (Å²) in [6, 6.07) is 11.5. The molecule has 0 aliphatic carbocycles. The Balaban J connectivity index is 1.81. The predicted octanol–water partition coefficient (Wildman–Crippen LogP) is 2.83. The summed E-state index contributed by atoms with van der Waals surface area (Å²) < 4.78 is 0. The number of nitrogens with one attached hydrogen (secondary N) is 2. The van der Waals surface area contributed by atoms with E-state index in [2.05, 4.69) is 21.4 Å². The van der Waals surface area contributed by atoms with E-state index in [9.17, 15) is 4.79 Å². The minimum atomic E-state index is 0.0650. The molecular weight excluding hydrogens is 274 g/mol. The van der Waals surface area contributed by atoms with E-state index in [-0.39, 0.29) is 5.43 Å². The highest BCUT2D eigenvalue weighted by molar-refractivity contribution is 5.82. The molecule has 0 saturated carbocycles. The lowest BCUT2D eigenvalue weighted by molar-refractivity contribution is 0.669. The molecule has 0 bridgehead atoms. The average Bonchev–Trinajstić information content (AvgIpc) is 2.50. The molecule has 3 rings (SSSR count). The molecule has 2 N–H and O–H groups in total. The smallest absolute Gasteiger partial charge is 0.189 e. The summed E-state index contributed by atoms with van der Waals surface area (Å²) in [7, 11) is 0. The van der Waals surface area contributed by atoms with E-state index in [1.54, 1.807) is 12.3 Å². The van der Waals surface area contributed by atoms with Crippen molar-refractivity contribution in [2.24, 2.45) is 0 Å². The van der Waals surface area contributed by atoms with Crippen molar-refractivity contribution in [2.45, 2.75) is 26.9 Å². The highest BCUT2D eigenvalue weighted by Gasteiger charge is 2.05. The van der Waals surface area contributed by atoms with Crippen molar-refractivity contribution < 1.29 is 0 Å². The first-order chi connectivity index (χ1) is 10.6. The van der Waals surface area contributed by atoms with Crippen molar-refractivity contribution in [3.8, 4) is 0 Å². The lowest BCUT2D eigenvalue weighted by Crippen LogP contribution is -2.16. The van der Waals surface area contributed by atoms with Crippen molar-refractivity contribution in [2.75, 3.05) is 0 Å². The van der Waals surface area contributed by atoms with Crippen molar-refractivity contribution in [1.29, 1.82) is 0 Å². The Labute approximate surface area is 129 Å². The number of hydrogen-bond donors (Lipinski definition) is 2. The van der Waals surface area contributed by atoms with Crippen LogP contribution in [0.15, 0.2) is 47.4 Å². The third-order valence-corrected chi connectivity index (χ3v) is 3.68. The summed E-state index contributed by atoms with van der Waals surface area (Å²) in [6.45, 7) is 5.31. The Bertz CT molecular complexity index is 853. The van der Waals surface area contributed by atoms with E-state index in [1.807, 2.05) is 38.1 Å². The molecule has 112 valence electrons. The van der Waals surface area contributed by atoms with Gasteiger partial charge in [-0.05, 0) is 43.2 Å².